The van der Waals surface area contributed by atoms with E-state index in [1.165, 1.54) is 6.07 Å². The number of ether oxygens (including phenoxy) is 1. The first-order valence-corrected chi connectivity index (χ1v) is 12.9. The third kappa shape index (κ3) is 8.38. The number of nitrogens with zero attached hydrogens (tertiary/aromatic N) is 3. The highest BCUT2D eigenvalue weighted by Crippen LogP contribution is 2.35. The molecule has 0 atom stereocenters. The number of carbonyl (C=O) groups is 1. The smallest absolute Gasteiger partial charge is 0.422 e. The van der Waals surface area contributed by atoms with E-state index in [4.69, 9.17) is 4.74 Å². The van der Waals surface area contributed by atoms with E-state index in [-0.39, 0.29) is 17.8 Å². The minimum Gasteiger partial charge on any atom is -0.468 e. The Morgan fingerprint density at radius 1 is 1.19 bits per heavy atom. The molecule has 4 rings (SSSR count). The molecule has 202 valence electrons. The Hall–Kier alpha value is -2.75. The summed E-state index contributed by atoms with van der Waals surface area (Å²) in [5, 5.41) is 3.05. The fourth-order valence-corrected chi connectivity index (χ4v) is 5.13. The third-order valence-electron chi connectivity index (χ3n) is 7.24. The Balaban J connectivity index is 1.20. The number of rotatable bonds is 8. The maximum atomic E-state index is 15.6. The van der Waals surface area contributed by atoms with Crippen molar-refractivity contribution < 1.29 is 27.1 Å². The van der Waals surface area contributed by atoms with Gasteiger partial charge >= 0.3 is 6.18 Å². The zero-order valence-electron chi connectivity index (χ0n) is 21.1. The molecule has 2 aromatic rings. The average Bonchev–Trinajstić information content (AvgIpc) is 3.05. The SMILES string of the molecule is Cc1cc(CC(=O)NC2CCC(F)(CCN3CCc4ccc(OCC(F)(F)F)nc4CC3)CC2)ccn1. The normalized spacial score (nSPS) is 22.7. The first kappa shape index (κ1) is 27.3. The van der Waals surface area contributed by atoms with E-state index in [9.17, 15) is 18.0 Å². The van der Waals surface area contributed by atoms with Crippen LogP contribution in [0.5, 0.6) is 5.88 Å². The molecule has 1 fully saturated rings. The molecule has 0 radical (unpaired) electrons. The van der Waals surface area contributed by atoms with E-state index in [0.717, 1.165) is 29.1 Å². The maximum absolute atomic E-state index is 15.6. The number of fused-ring (bicyclic) bond motifs is 1. The summed E-state index contributed by atoms with van der Waals surface area (Å²) in [5.74, 6) is -0.0707. The zero-order valence-corrected chi connectivity index (χ0v) is 21.1. The molecule has 6 nitrogen and oxygen atoms in total. The maximum Gasteiger partial charge on any atom is 0.422 e. The standard InChI is InChI=1S/C27H34F4N4O2/c1-19-16-20(6-12-32-19)17-24(36)33-22-4-9-26(28,10-5-22)11-15-35-13-7-21-2-3-25(34-23(21)8-14-35)37-18-27(29,30)31/h2-3,6,12,16,22H,4-5,7-11,13-15,17-18H2,1H3,(H,33,36). The van der Waals surface area contributed by atoms with Crippen molar-refractivity contribution in [1.29, 1.82) is 0 Å². The molecule has 10 heteroatoms. The molecule has 1 aliphatic heterocycles. The summed E-state index contributed by atoms with van der Waals surface area (Å²) in [7, 11) is 0. The van der Waals surface area contributed by atoms with Crippen molar-refractivity contribution in [2.45, 2.75) is 76.2 Å². The van der Waals surface area contributed by atoms with Gasteiger partial charge in [-0.3, -0.25) is 9.78 Å². The van der Waals surface area contributed by atoms with Gasteiger partial charge in [-0.05, 0) is 68.7 Å². The number of aromatic nitrogens is 2. The van der Waals surface area contributed by atoms with Crippen LogP contribution in [-0.4, -0.2) is 64.9 Å². The highest BCUT2D eigenvalue weighted by Gasteiger charge is 2.36. The van der Waals surface area contributed by atoms with Gasteiger partial charge in [0, 0.05) is 55.7 Å². The average molecular weight is 523 g/mol. The van der Waals surface area contributed by atoms with Gasteiger partial charge in [0.1, 0.15) is 5.67 Å². The number of hydrogen-bond acceptors (Lipinski definition) is 5. The molecule has 0 aromatic carbocycles. The number of pyridine rings is 2. The van der Waals surface area contributed by atoms with Gasteiger partial charge < -0.3 is 15.0 Å². The van der Waals surface area contributed by atoms with Crippen LogP contribution in [0.4, 0.5) is 17.6 Å². The topological polar surface area (TPSA) is 67.4 Å². The molecular formula is C27H34F4N4O2. The van der Waals surface area contributed by atoms with Crippen LogP contribution < -0.4 is 10.1 Å². The number of carbonyl (C=O) groups excluding carboxylic acids is 1. The van der Waals surface area contributed by atoms with Crippen molar-refractivity contribution in [2.24, 2.45) is 0 Å². The van der Waals surface area contributed by atoms with Crippen LogP contribution in [0.1, 0.15) is 54.6 Å². The van der Waals surface area contributed by atoms with Gasteiger partial charge in [-0.25, -0.2) is 9.37 Å². The molecule has 0 spiro atoms. The Kier molecular flexibility index (Phi) is 8.67. The van der Waals surface area contributed by atoms with Crippen molar-refractivity contribution >= 4 is 5.91 Å². The Morgan fingerprint density at radius 3 is 2.68 bits per heavy atom. The first-order chi connectivity index (χ1) is 17.6. The molecule has 1 saturated carbocycles. The monoisotopic (exact) mass is 522 g/mol. The summed E-state index contributed by atoms with van der Waals surface area (Å²) in [6.07, 6.45) is 1.38. The summed E-state index contributed by atoms with van der Waals surface area (Å²) < 4.78 is 57.6. The van der Waals surface area contributed by atoms with E-state index in [2.05, 4.69) is 20.2 Å². The molecule has 3 heterocycles. The molecule has 37 heavy (non-hydrogen) atoms. The summed E-state index contributed by atoms with van der Waals surface area (Å²) in [6.45, 7) is 2.56. The van der Waals surface area contributed by atoms with E-state index in [1.54, 1.807) is 12.3 Å². The van der Waals surface area contributed by atoms with Crippen LogP contribution in [-0.2, 0) is 24.1 Å². The quantitative estimate of drug-likeness (QED) is 0.517. The summed E-state index contributed by atoms with van der Waals surface area (Å²) in [4.78, 5) is 23.0. The molecular weight excluding hydrogens is 488 g/mol. The number of aryl methyl sites for hydroxylation is 1. The van der Waals surface area contributed by atoms with E-state index < -0.39 is 18.5 Å². The second kappa shape index (κ2) is 11.8. The molecule has 2 aliphatic rings. The Bertz CT molecular complexity index is 1070. The molecule has 1 amide bonds. The second-order valence-electron chi connectivity index (χ2n) is 10.2. The third-order valence-corrected chi connectivity index (χ3v) is 7.24. The van der Waals surface area contributed by atoms with Crippen molar-refractivity contribution in [2.75, 3.05) is 26.2 Å². The number of alkyl halides is 4. The predicted octanol–water partition coefficient (Wildman–Crippen LogP) is 4.53. The molecule has 0 bridgehead atoms. The molecule has 0 unspecified atom stereocenters. The molecule has 2 aromatic heterocycles. The second-order valence-corrected chi connectivity index (χ2v) is 10.2. The largest absolute Gasteiger partial charge is 0.468 e. The highest BCUT2D eigenvalue weighted by molar-refractivity contribution is 5.78. The lowest BCUT2D eigenvalue weighted by Gasteiger charge is -2.35. The van der Waals surface area contributed by atoms with Crippen LogP contribution >= 0.6 is 0 Å². The number of hydrogen-bond donors (Lipinski definition) is 1. The van der Waals surface area contributed by atoms with E-state index >= 15 is 4.39 Å². The van der Waals surface area contributed by atoms with E-state index in [0.29, 0.717) is 64.5 Å². The number of amides is 1. The molecule has 0 saturated heterocycles. The van der Waals surface area contributed by atoms with Crippen molar-refractivity contribution in [3.8, 4) is 5.88 Å². The minimum atomic E-state index is -4.41. The van der Waals surface area contributed by atoms with Gasteiger partial charge in [-0.2, -0.15) is 13.2 Å². The lowest BCUT2D eigenvalue weighted by molar-refractivity contribution is -0.154. The van der Waals surface area contributed by atoms with Gasteiger partial charge in [-0.1, -0.05) is 6.07 Å². The summed E-state index contributed by atoms with van der Waals surface area (Å²) in [6, 6.07) is 6.97. The Morgan fingerprint density at radius 2 is 1.95 bits per heavy atom. The number of halogens is 4. The Labute approximate surface area is 214 Å². The van der Waals surface area contributed by atoms with Crippen molar-refractivity contribution in [3.63, 3.8) is 0 Å². The predicted molar refractivity (Wildman–Crippen MR) is 131 cm³/mol. The molecule has 1 aliphatic carbocycles. The summed E-state index contributed by atoms with van der Waals surface area (Å²) in [5.41, 5.74) is 2.28. The fraction of sp³-hybridized carbons (Fsp3) is 0.593. The minimum absolute atomic E-state index is 0.00756. The van der Waals surface area contributed by atoms with Crippen LogP contribution in [0.3, 0.4) is 0 Å². The molecule has 1 N–H and O–H groups in total. The van der Waals surface area contributed by atoms with Gasteiger partial charge in [0.25, 0.3) is 0 Å². The lowest BCUT2D eigenvalue weighted by atomic mass is 9.81. The first-order valence-electron chi connectivity index (χ1n) is 12.9. The van der Waals surface area contributed by atoms with Gasteiger partial charge in [0.15, 0.2) is 6.61 Å². The van der Waals surface area contributed by atoms with E-state index in [1.807, 2.05) is 19.1 Å². The van der Waals surface area contributed by atoms with Crippen LogP contribution in [0.2, 0.25) is 0 Å². The fourth-order valence-electron chi connectivity index (χ4n) is 5.13. The highest BCUT2D eigenvalue weighted by atomic mass is 19.4. The zero-order chi connectivity index (χ0) is 26.5. The van der Waals surface area contributed by atoms with Crippen molar-refractivity contribution in [1.82, 2.24) is 20.2 Å². The van der Waals surface area contributed by atoms with Crippen LogP contribution in [0.15, 0.2) is 30.5 Å². The van der Waals surface area contributed by atoms with Crippen LogP contribution in [0, 0.1) is 6.92 Å². The lowest BCUT2D eigenvalue weighted by Crippen LogP contribution is -2.43. The number of nitrogens with one attached hydrogen (secondary N) is 1. The van der Waals surface area contributed by atoms with Gasteiger partial charge in [0.05, 0.1) is 6.42 Å². The van der Waals surface area contributed by atoms with Crippen molar-refractivity contribution in [3.05, 3.63) is 53.0 Å². The summed E-state index contributed by atoms with van der Waals surface area (Å²) >= 11 is 0. The van der Waals surface area contributed by atoms with Crippen LogP contribution in [0.25, 0.3) is 0 Å². The van der Waals surface area contributed by atoms with Gasteiger partial charge in [0.2, 0.25) is 11.8 Å². The van der Waals surface area contributed by atoms with Gasteiger partial charge in [-0.15, -0.1) is 0 Å².